The topological polar surface area (TPSA) is 55.4 Å². The van der Waals surface area contributed by atoms with Crippen LogP contribution in [0.1, 0.15) is 24.8 Å². The first kappa shape index (κ1) is 10.7. The summed E-state index contributed by atoms with van der Waals surface area (Å²) in [6.07, 6.45) is 0.243. The Morgan fingerprint density at radius 2 is 2.00 bits per heavy atom. The van der Waals surface area contributed by atoms with Gasteiger partial charge in [-0.3, -0.25) is 14.9 Å². The van der Waals surface area contributed by atoms with Crippen LogP contribution < -0.4 is 10.1 Å². The van der Waals surface area contributed by atoms with Gasteiger partial charge in [-0.05, 0) is 24.6 Å². The molecule has 0 aliphatic carbocycles. The van der Waals surface area contributed by atoms with E-state index in [1.807, 2.05) is 31.2 Å². The molecule has 1 aliphatic heterocycles. The molecule has 1 aliphatic rings. The number of hydrogen-bond donors (Lipinski definition) is 1. The van der Waals surface area contributed by atoms with Gasteiger partial charge in [-0.1, -0.05) is 12.1 Å². The molecular formula is C12H13NO3. The minimum Gasteiger partial charge on any atom is -0.494 e. The standard InChI is InChI=1S/C12H13NO3/c1-2-16-9-5-3-8(4-6-9)10-7-11(14)13-12(10)15/h3-6,10H,2,7H2,1H3,(H,13,14,15)/t10-/m1/s1. The Hall–Kier alpha value is -1.84. The Morgan fingerprint density at radius 1 is 1.31 bits per heavy atom. The number of benzene rings is 1. The molecule has 1 aromatic rings. The fraction of sp³-hybridized carbons (Fsp3) is 0.333. The molecule has 2 rings (SSSR count). The molecule has 1 heterocycles. The third-order valence-corrected chi connectivity index (χ3v) is 2.56. The summed E-state index contributed by atoms with van der Waals surface area (Å²) in [5.41, 5.74) is 0.854. The van der Waals surface area contributed by atoms with Gasteiger partial charge in [0.1, 0.15) is 5.75 Å². The minimum atomic E-state index is -0.344. The zero-order valence-corrected chi connectivity index (χ0v) is 9.03. The number of rotatable bonds is 3. The van der Waals surface area contributed by atoms with Crippen LogP contribution in [0.2, 0.25) is 0 Å². The minimum absolute atomic E-state index is 0.205. The molecule has 16 heavy (non-hydrogen) atoms. The van der Waals surface area contributed by atoms with Gasteiger partial charge < -0.3 is 4.74 Å². The lowest BCUT2D eigenvalue weighted by atomic mass is 9.98. The third kappa shape index (κ3) is 2.05. The first-order valence-electron chi connectivity index (χ1n) is 5.27. The van der Waals surface area contributed by atoms with Crippen LogP contribution in [0.25, 0.3) is 0 Å². The lowest BCUT2D eigenvalue weighted by molar-refractivity contribution is -0.125. The van der Waals surface area contributed by atoms with Crippen molar-refractivity contribution < 1.29 is 14.3 Å². The van der Waals surface area contributed by atoms with E-state index in [1.165, 1.54) is 0 Å². The summed E-state index contributed by atoms with van der Waals surface area (Å²) in [7, 11) is 0. The van der Waals surface area contributed by atoms with Crippen molar-refractivity contribution in [3.8, 4) is 5.75 Å². The number of carbonyl (C=O) groups excluding carboxylic acids is 2. The molecule has 1 atom stereocenters. The maximum absolute atomic E-state index is 11.4. The van der Waals surface area contributed by atoms with E-state index in [0.717, 1.165) is 11.3 Å². The number of carbonyl (C=O) groups is 2. The molecule has 0 spiro atoms. The summed E-state index contributed by atoms with van der Waals surface area (Å²) in [4.78, 5) is 22.5. The number of hydrogen-bond acceptors (Lipinski definition) is 3. The maximum atomic E-state index is 11.4. The highest BCUT2D eigenvalue weighted by Gasteiger charge is 2.31. The van der Waals surface area contributed by atoms with Crippen LogP contribution in [0.4, 0.5) is 0 Å². The third-order valence-electron chi connectivity index (χ3n) is 2.56. The average Bonchev–Trinajstić information content (AvgIpc) is 2.59. The molecule has 0 saturated carbocycles. The highest BCUT2D eigenvalue weighted by molar-refractivity contribution is 6.06. The van der Waals surface area contributed by atoms with Gasteiger partial charge in [-0.15, -0.1) is 0 Å². The van der Waals surface area contributed by atoms with Gasteiger partial charge in [0, 0.05) is 6.42 Å². The van der Waals surface area contributed by atoms with E-state index in [-0.39, 0.29) is 24.2 Å². The lowest BCUT2D eigenvalue weighted by Gasteiger charge is -2.07. The van der Waals surface area contributed by atoms with Gasteiger partial charge in [0.15, 0.2) is 0 Å². The lowest BCUT2D eigenvalue weighted by Crippen LogP contribution is -2.21. The van der Waals surface area contributed by atoms with Crippen LogP contribution in [0.3, 0.4) is 0 Å². The fourth-order valence-corrected chi connectivity index (χ4v) is 1.79. The largest absolute Gasteiger partial charge is 0.494 e. The Balaban J connectivity index is 2.15. The van der Waals surface area contributed by atoms with Crippen LogP contribution in [0.5, 0.6) is 5.75 Å². The van der Waals surface area contributed by atoms with Crippen molar-refractivity contribution in [2.45, 2.75) is 19.3 Å². The quantitative estimate of drug-likeness (QED) is 0.777. The van der Waals surface area contributed by atoms with Crippen LogP contribution >= 0.6 is 0 Å². The SMILES string of the molecule is CCOc1ccc([C@H]2CC(=O)NC2=O)cc1. The number of nitrogens with one attached hydrogen (secondary N) is 1. The average molecular weight is 219 g/mol. The second-order valence-electron chi connectivity index (χ2n) is 3.67. The molecule has 0 unspecified atom stereocenters. The maximum Gasteiger partial charge on any atom is 0.234 e. The molecule has 0 aromatic heterocycles. The van der Waals surface area contributed by atoms with Crippen molar-refractivity contribution in [2.75, 3.05) is 6.61 Å². The number of ether oxygens (including phenoxy) is 1. The van der Waals surface area contributed by atoms with Crippen molar-refractivity contribution in [3.05, 3.63) is 29.8 Å². The summed E-state index contributed by atoms with van der Waals surface area (Å²) in [5, 5.41) is 2.30. The van der Waals surface area contributed by atoms with E-state index >= 15 is 0 Å². The van der Waals surface area contributed by atoms with Crippen LogP contribution in [0.15, 0.2) is 24.3 Å². The molecule has 84 valence electrons. The van der Waals surface area contributed by atoms with Crippen molar-refractivity contribution in [2.24, 2.45) is 0 Å². The van der Waals surface area contributed by atoms with E-state index in [2.05, 4.69) is 5.32 Å². The summed E-state index contributed by atoms with van der Waals surface area (Å²) >= 11 is 0. The summed E-state index contributed by atoms with van der Waals surface area (Å²) in [6.45, 7) is 2.53. The zero-order chi connectivity index (χ0) is 11.5. The van der Waals surface area contributed by atoms with Gasteiger partial charge in [0.25, 0.3) is 0 Å². The van der Waals surface area contributed by atoms with Crippen LogP contribution in [0, 0.1) is 0 Å². The van der Waals surface area contributed by atoms with E-state index in [1.54, 1.807) is 0 Å². The van der Waals surface area contributed by atoms with Crippen molar-refractivity contribution >= 4 is 11.8 Å². The highest BCUT2D eigenvalue weighted by Crippen LogP contribution is 2.25. The molecule has 1 aromatic carbocycles. The Kier molecular flexibility index (Phi) is 2.90. The smallest absolute Gasteiger partial charge is 0.234 e. The van der Waals surface area contributed by atoms with Gasteiger partial charge >= 0.3 is 0 Å². The van der Waals surface area contributed by atoms with Crippen molar-refractivity contribution in [1.29, 1.82) is 0 Å². The summed E-state index contributed by atoms with van der Waals surface area (Å²) < 4.78 is 5.30. The predicted octanol–water partition coefficient (Wildman–Crippen LogP) is 1.22. The molecule has 1 saturated heterocycles. The van der Waals surface area contributed by atoms with Gasteiger partial charge in [0.05, 0.1) is 12.5 Å². The van der Waals surface area contributed by atoms with Crippen molar-refractivity contribution in [3.63, 3.8) is 0 Å². The Labute approximate surface area is 93.6 Å². The number of imide groups is 1. The Morgan fingerprint density at radius 3 is 2.50 bits per heavy atom. The second kappa shape index (κ2) is 4.35. The van der Waals surface area contributed by atoms with Crippen LogP contribution in [-0.2, 0) is 9.59 Å². The van der Waals surface area contributed by atoms with E-state index in [0.29, 0.717) is 6.61 Å². The molecule has 1 N–H and O–H groups in total. The normalized spacial score (nSPS) is 19.7. The highest BCUT2D eigenvalue weighted by atomic mass is 16.5. The van der Waals surface area contributed by atoms with Gasteiger partial charge in [-0.2, -0.15) is 0 Å². The predicted molar refractivity (Wildman–Crippen MR) is 58.1 cm³/mol. The first-order chi connectivity index (χ1) is 7.70. The molecule has 4 heteroatoms. The molecule has 0 bridgehead atoms. The fourth-order valence-electron chi connectivity index (χ4n) is 1.79. The van der Waals surface area contributed by atoms with E-state index in [4.69, 9.17) is 4.74 Å². The van der Waals surface area contributed by atoms with Gasteiger partial charge in [0.2, 0.25) is 11.8 Å². The molecular weight excluding hydrogens is 206 g/mol. The summed E-state index contributed by atoms with van der Waals surface area (Å²) in [5.74, 6) is 0.0113. The first-order valence-corrected chi connectivity index (χ1v) is 5.27. The summed E-state index contributed by atoms with van der Waals surface area (Å²) in [6, 6.07) is 7.28. The number of amides is 2. The zero-order valence-electron chi connectivity index (χ0n) is 9.03. The monoisotopic (exact) mass is 219 g/mol. The molecule has 2 amide bonds. The Bertz CT molecular complexity index is 411. The van der Waals surface area contributed by atoms with Gasteiger partial charge in [-0.25, -0.2) is 0 Å². The molecule has 0 radical (unpaired) electrons. The molecule has 1 fully saturated rings. The molecule has 4 nitrogen and oxygen atoms in total. The van der Waals surface area contributed by atoms with E-state index in [9.17, 15) is 9.59 Å². The van der Waals surface area contributed by atoms with Crippen LogP contribution in [-0.4, -0.2) is 18.4 Å². The second-order valence-corrected chi connectivity index (χ2v) is 3.67. The van der Waals surface area contributed by atoms with Crippen molar-refractivity contribution in [1.82, 2.24) is 5.32 Å². The van der Waals surface area contributed by atoms with E-state index < -0.39 is 0 Å².